The molecule has 0 unspecified atom stereocenters. The highest BCUT2D eigenvalue weighted by Crippen LogP contribution is 2.04. The van der Waals surface area contributed by atoms with E-state index in [0.717, 1.165) is 0 Å². The van der Waals surface area contributed by atoms with Crippen LogP contribution in [0.1, 0.15) is 41.5 Å². The van der Waals surface area contributed by atoms with E-state index in [9.17, 15) is 9.59 Å². The molecule has 0 fully saturated rings. The molecule has 0 atom stereocenters. The van der Waals surface area contributed by atoms with Gasteiger partial charge in [0.2, 0.25) is 0 Å². The van der Waals surface area contributed by atoms with E-state index in [1.54, 1.807) is 13.8 Å². The molecule has 0 aliphatic rings. The van der Waals surface area contributed by atoms with Crippen LogP contribution >= 0.6 is 0 Å². The molecule has 0 aliphatic heterocycles. The zero-order chi connectivity index (χ0) is 14.6. The second-order valence-corrected chi connectivity index (χ2v) is 5.82. The molecule has 0 saturated heterocycles. The lowest BCUT2D eigenvalue weighted by atomic mass is 10.0. The van der Waals surface area contributed by atoms with Crippen LogP contribution in [-0.4, -0.2) is 47.8 Å². The number of ketones is 2. The largest absolute Gasteiger partial charge is 0.304 e. The van der Waals surface area contributed by atoms with Gasteiger partial charge in [-0.05, 0) is 41.5 Å². The van der Waals surface area contributed by atoms with Crippen LogP contribution in [0, 0.1) is 0 Å². The number of likely N-dealkylation sites (N-methyl/N-ethyl adjacent to an activating group) is 1. The zero-order valence-corrected chi connectivity index (χ0v) is 12.7. The van der Waals surface area contributed by atoms with Crippen LogP contribution < -0.4 is 10.7 Å². The van der Waals surface area contributed by atoms with Gasteiger partial charge in [0.1, 0.15) is 5.78 Å². The van der Waals surface area contributed by atoms with E-state index < -0.39 is 11.1 Å². The predicted octanol–water partition coefficient (Wildman–Crippen LogP) is 0.748. The van der Waals surface area contributed by atoms with E-state index in [0.29, 0.717) is 13.1 Å². The molecule has 0 aromatic carbocycles. The summed E-state index contributed by atoms with van der Waals surface area (Å²) in [4.78, 5) is 22.7. The molecule has 0 spiro atoms. The summed E-state index contributed by atoms with van der Waals surface area (Å²) < 4.78 is 0. The molecule has 0 saturated carbocycles. The Labute approximate surface area is 110 Å². The van der Waals surface area contributed by atoms with Crippen molar-refractivity contribution in [1.29, 1.82) is 0 Å². The molecular formula is C13H27N3O2. The fourth-order valence-electron chi connectivity index (χ4n) is 1.27. The van der Waals surface area contributed by atoms with E-state index >= 15 is 0 Å². The molecular weight excluding hydrogens is 230 g/mol. The molecule has 18 heavy (non-hydrogen) atoms. The van der Waals surface area contributed by atoms with Crippen molar-refractivity contribution in [1.82, 2.24) is 15.8 Å². The molecule has 0 aromatic heterocycles. The summed E-state index contributed by atoms with van der Waals surface area (Å²) in [6.45, 7) is 11.9. The highest BCUT2D eigenvalue weighted by Gasteiger charge is 2.25. The standard InChI is InChI=1S/C13H27N3O2/c1-10(17)12(3,4)14-8-9-16(7)15-13(5,6)11(2)18/h14-15H,8-9H2,1-7H3. The van der Waals surface area contributed by atoms with Gasteiger partial charge in [0, 0.05) is 20.1 Å². The van der Waals surface area contributed by atoms with Crippen molar-refractivity contribution < 1.29 is 9.59 Å². The monoisotopic (exact) mass is 257 g/mol. The third-order valence-corrected chi connectivity index (χ3v) is 3.24. The third-order valence-electron chi connectivity index (χ3n) is 3.24. The minimum atomic E-state index is -0.565. The topological polar surface area (TPSA) is 61.4 Å². The average molecular weight is 257 g/mol. The van der Waals surface area contributed by atoms with Crippen molar-refractivity contribution >= 4 is 11.6 Å². The van der Waals surface area contributed by atoms with Gasteiger partial charge in [-0.3, -0.25) is 9.59 Å². The number of carbonyl (C=O) groups is 2. The van der Waals surface area contributed by atoms with Gasteiger partial charge >= 0.3 is 0 Å². The van der Waals surface area contributed by atoms with Crippen LogP contribution in [0.3, 0.4) is 0 Å². The summed E-state index contributed by atoms with van der Waals surface area (Å²) in [5, 5.41) is 5.05. The number of hydrogen-bond acceptors (Lipinski definition) is 5. The Morgan fingerprint density at radius 2 is 1.44 bits per heavy atom. The summed E-state index contributed by atoms with van der Waals surface area (Å²) in [6.07, 6.45) is 0. The quantitative estimate of drug-likeness (QED) is 0.628. The van der Waals surface area contributed by atoms with Gasteiger partial charge in [-0.2, -0.15) is 0 Å². The van der Waals surface area contributed by atoms with Crippen LogP contribution in [0.15, 0.2) is 0 Å². The van der Waals surface area contributed by atoms with Gasteiger partial charge in [-0.15, -0.1) is 0 Å². The molecule has 5 nitrogen and oxygen atoms in total. The summed E-state index contributed by atoms with van der Waals surface area (Å²) >= 11 is 0. The predicted molar refractivity (Wildman–Crippen MR) is 73.3 cm³/mol. The van der Waals surface area contributed by atoms with E-state index in [2.05, 4.69) is 10.7 Å². The first-order valence-corrected chi connectivity index (χ1v) is 6.25. The highest BCUT2D eigenvalue weighted by atomic mass is 16.1. The molecule has 0 bridgehead atoms. The molecule has 0 radical (unpaired) electrons. The first-order chi connectivity index (χ1) is 7.99. The Hall–Kier alpha value is -0.780. The van der Waals surface area contributed by atoms with Crippen molar-refractivity contribution in [2.75, 3.05) is 20.1 Å². The SMILES string of the molecule is CC(=O)C(C)(C)NCCN(C)NC(C)(C)C(C)=O. The fraction of sp³-hybridized carbons (Fsp3) is 0.846. The molecule has 2 N–H and O–H groups in total. The first-order valence-electron chi connectivity index (χ1n) is 6.25. The molecule has 0 heterocycles. The Morgan fingerprint density at radius 3 is 1.83 bits per heavy atom. The molecule has 0 aliphatic carbocycles. The minimum Gasteiger partial charge on any atom is -0.304 e. The van der Waals surface area contributed by atoms with Crippen LogP contribution in [0.4, 0.5) is 0 Å². The van der Waals surface area contributed by atoms with E-state index in [1.165, 1.54) is 0 Å². The van der Waals surface area contributed by atoms with Gasteiger partial charge in [0.25, 0.3) is 0 Å². The lowest BCUT2D eigenvalue weighted by Gasteiger charge is -2.31. The van der Waals surface area contributed by atoms with Crippen molar-refractivity contribution in [2.24, 2.45) is 0 Å². The normalized spacial score (nSPS) is 12.9. The van der Waals surface area contributed by atoms with E-state index in [1.807, 2.05) is 39.8 Å². The first kappa shape index (κ1) is 17.2. The smallest absolute Gasteiger partial charge is 0.150 e. The van der Waals surface area contributed by atoms with Gasteiger partial charge in [-0.1, -0.05) is 0 Å². The fourth-order valence-corrected chi connectivity index (χ4v) is 1.27. The summed E-state index contributed by atoms with van der Waals surface area (Å²) in [5.74, 6) is 0.202. The zero-order valence-electron chi connectivity index (χ0n) is 12.7. The van der Waals surface area contributed by atoms with E-state index in [4.69, 9.17) is 0 Å². The number of hydrazine groups is 1. The lowest BCUT2D eigenvalue weighted by Crippen LogP contribution is -2.55. The maximum atomic E-state index is 11.4. The van der Waals surface area contributed by atoms with Crippen LogP contribution in [0.2, 0.25) is 0 Å². The van der Waals surface area contributed by atoms with Gasteiger partial charge in [-0.25, -0.2) is 10.4 Å². The van der Waals surface area contributed by atoms with Gasteiger partial charge in [0.15, 0.2) is 5.78 Å². The summed E-state index contributed by atoms with van der Waals surface area (Å²) in [7, 11) is 1.88. The molecule has 0 amide bonds. The maximum absolute atomic E-state index is 11.4. The van der Waals surface area contributed by atoms with Crippen LogP contribution in [-0.2, 0) is 9.59 Å². The maximum Gasteiger partial charge on any atom is 0.150 e. The Balaban J connectivity index is 4.10. The molecule has 106 valence electrons. The number of nitrogens with zero attached hydrogens (tertiary/aromatic N) is 1. The number of nitrogens with one attached hydrogen (secondary N) is 2. The third kappa shape index (κ3) is 5.71. The van der Waals surface area contributed by atoms with Crippen LogP contribution in [0.5, 0.6) is 0 Å². The molecule has 5 heteroatoms. The minimum absolute atomic E-state index is 0.0892. The van der Waals surface area contributed by atoms with Crippen molar-refractivity contribution in [2.45, 2.75) is 52.6 Å². The van der Waals surface area contributed by atoms with Gasteiger partial charge < -0.3 is 5.32 Å². The Bertz CT molecular complexity index is 311. The summed E-state index contributed by atoms with van der Waals surface area (Å²) in [6, 6.07) is 0. The number of hydrogen-bond donors (Lipinski definition) is 2. The Kier molecular flexibility index (Phi) is 6.13. The Morgan fingerprint density at radius 1 is 1.00 bits per heavy atom. The van der Waals surface area contributed by atoms with Crippen molar-refractivity contribution in [3.8, 4) is 0 Å². The lowest BCUT2D eigenvalue weighted by molar-refractivity contribution is -0.124. The number of carbonyl (C=O) groups excluding carboxylic acids is 2. The number of rotatable bonds is 8. The second-order valence-electron chi connectivity index (χ2n) is 5.82. The van der Waals surface area contributed by atoms with Gasteiger partial charge in [0.05, 0.1) is 11.1 Å². The summed E-state index contributed by atoms with van der Waals surface area (Å²) in [5.41, 5.74) is 2.06. The van der Waals surface area contributed by atoms with Crippen molar-refractivity contribution in [3.63, 3.8) is 0 Å². The van der Waals surface area contributed by atoms with E-state index in [-0.39, 0.29) is 11.6 Å². The second kappa shape index (κ2) is 6.41. The number of Topliss-reactive ketones (excluding diaryl/α,β-unsaturated/α-hetero) is 2. The highest BCUT2D eigenvalue weighted by molar-refractivity contribution is 5.85. The average Bonchev–Trinajstić information content (AvgIpc) is 2.15. The van der Waals surface area contributed by atoms with Crippen molar-refractivity contribution in [3.05, 3.63) is 0 Å². The molecule has 0 aromatic rings. The molecule has 0 rings (SSSR count). The van der Waals surface area contributed by atoms with Crippen LogP contribution in [0.25, 0.3) is 0 Å².